The average Bonchev–Trinajstić information content (AvgIpc) is 2.81. The van der Waals surface area contributed by atoms with Gasteiger partial charge in [-0.25, -0.2) is 13.1 Å². The van der Waals surface area contributed by atoms with Crippen molar-refractivity contribution in [2.45, 2.75) is 39.1 Å². The van der Waals surface area contributed by atoms with E-state index in [1.165, 1.54) is 7.11 Å². The maximum Gasteiger partial charge on any atom is 0.244 e. The minimum Gasteiger partial charge on any atom is -0.495 e. The third-order valence-corrected chi connectivity index (χ3v) is 5.60. The number of methoxy groups -OCH3 is 1. The minimum atomic E-state index is -3.61. The summed E-state index contributed by atoms with van der Waals surface area (Å²) in [6.45, 7) is 8.76. The number of sulfonamides is 1. The molecule has 1 heterocycles. The largest absolute Gasteiger partial charge is 0.495 e. The van der Waals surface area contributed by atoms with E-state index in [0.717, 1.165) is 22.5 Å². The Bertz CT molecular complexity index is 788. The first kappa shape index (κ1) is 17.6. The van der Waals surface area contributed by atoms with Crippen molar-refractivity contribution in [3.8, 4) is 5.75 Å². The van der Waals surface area contributed by atoms with Crippen molar-refractivity contribution < 1.29 is 13.2 Å². The van der Waals surface area contributed by atoms with Crippen molar-refractivity contribution in [1.29, 1.82) is 0 Å². The van der Waals surface area contributed by atoms with Crippen LogP contribution in [0.15, 0.2) is 29.2 Å². The fourth-order valence-corrected chi connectivity index (χ4v) is 3.81. The molecule has 0 fully saturated rings. The standard InChI is InChI=1S/C17H24N2O3S/c1-12-10-16(22-5)17(11-13(12)2)23(20,21)18-8-9-19-14(3)6-7-15(19)4/h6-7,10-11,18H,8-9H2,1-5H3. The zero-order valence-corrected chi connectivity index (χ0v) is 15.1. The third-order valence-electron chi connectivity index (χ3n) is 4.11. The molecule has 2 aromatic rings. The van der Waals surface area contributed by atoms with E-state index in [9.17, 15) is 8.42 Å². The lowest BCUT2D eigenvalue weighted by atomic mass is 10.1. The molecule has 6 heteroatoms. The average molecular weight is 336 g/mol. The van der Waals surface area contributed by atoms with Crippen molar-refractivity contribution in [2.75, 3.05) is 13.7 Å². The second-order valence-corrected chi connectivity index (χ2v) is 7.49. The summed E-state index contributed by atoms with van der Waals surface area (Å²) in [4.78, 5) is 0.184. The molecular formula is C17H24N2O3S. The molecule has 23 heavy (non-hydrogen) atoms. The number of rotatable bonds is 6. The molecular weight excluding hydrogens is 312 g/mol. The van der Waals surface area contributed by atoms with Gasteiger partial charge in [-0.2, -0.15) is 0 Å². The second kappa shape index (κ2) is 6.76. The van der Waals surface area contributed by atoms with Crippen molar-refractivity contribution in [2.24, 2.45) is 0 Å². The van der Waals surface area contributed by atoms with Crippen LogP contribution in [0.5, 0.6) is 5.75 Å². The fraction of sp³-hybridized carbons (Fsp3) is 0.412. The molecule has 126 valence electrons. The van der Waals surface area contributed by atoms with Gasteiger partial charge in [0.1, 0.15) is 10.6 Å². The Hall–Kier alpha value is -1.79. The molecule has 1 aromatic carbocycles. The van der Waals surface area contributed by atoms with Crippen LogP contribution in [0.1, 0.15) is 22.5 Å². The molecule has 0 bridgehead atoms. The summed E-state index contributed by atoms with van der Waals surface area (Å²) >= 11 is 0. The normalized spacial score (nSPS) is 11.7. The molecule has 0 saturated heterocycles. The molecule has 1 aromatic heterocycles. The van der Waals surface area contributed by atoms with Crippen LogP contribution in [0, 0.1) is 27.7 Å². The Balaban J connectivity index is 2.18. The van der Waals surface area contributed by atoms with E-state index >= 15 is 0 Å². The van der Waals surface area contributed by atoms with Crippen LogP contribution in [0.3, 0.4) is 0 Å². The van der Waals surface area contributed by atoms with E-state index < -0.39 is 10.0 Å². The SMILES string of the molecule is COc1cc(C)c(C)cc1S(=O)(=O)NCCn1c(C)ccc1C. The van der Waals surface area contributed by atoms with Gasteiger partial charge in [0.05, 0.1) is 7.11 Å². The molecule has 0 atom stereocenters. The highest BCUT2D eigenvalue weighted by Gasteiger charge is 2.20. The summed E-state index contributed by atoms with van der Waals surface area (Å²) in [6, 6.07) is 7.46. The number of hydrogen-bond donors (Lipinski definition) is 1. The quantitative estimate of drug-likeness (QED) is 0.882. The molecule has 0 spiro atoms. The van der Waals surface area contributed by atoms with E-state index in [1.54, 1.807) is 12.1 Å². The first-order valence-corrected chi connectivity index (χ1v) is 9.02. The van der Waals surface area contributed by atoms with Gasteiger partial charge in [0.15, 0.2) is 0 Å². The zero-order chi connectivity index (χ0) is 17.2. The Morgan fingerprint density at radius 1 is 1.04 bits per heavy atom. The van der Waals surface area contributed by atoms with Crippen LogP contribution in [0.25, 0.3) is 0 Å². The predicted molar refractivity (Wildman–Crippen MR) is 91.6 cm³/mol. The van der Waals surface area contributed by atoms with Gasteiger partial charge in [-0.15, -0.1) is 0 Å². The number of aryl methyl sites for hydroxylation is 4. The van der Waals surface area contributed by atoms with Crippen molar-refractivity contribution in [1.82, 2.24) is 9.29 Å². The van der Waals surface area contributed by atoms with Crippen molar-refractivity contribution >= 4 is 10.0 Å². The number of nitrogens with one attached hydrogen (secondary N) is 1. The van der Waals surface area contributed by atoms with Gasteiger partial charge in [0.25, 0.3) is 0 Å². The number of ether oxygens (including phenoxy) is 1. The van der Waals surface area contributed by atoms with Crippen molar-refractivity contribution in [3.05, 3.63) is 46.8 Å². The van der Waals surface area contributed by atoms with Crippen LogP contribution in [0.2, 0.25) is 0 Å². The Kier molecular flexibility index (Phi) is 5.16. The highest BCUT2D eigenvalue weighted by molar-refractivity contribution is 7.89. The number of aromatic nitrogens is 1. The highest BCUT2D eigenvalue weighted by Crippen LogP contribution is 2.27. The summed E-state index contributed by atoms with van der Waals surface area (Å²) in [5, 5.41) is 0. The van der Waals surface area contributed by atoms with Crippen LogP contribution in [-0.2, 0) is 16.6 Å². The van der Waals surface area contributed by atoms with E-state index in [4.69, 9.17) is 4.74 Å². The summed E-state index contributed by atoms with van der Waals surface area (Å²) in [6.07, 6.45) is 0. The summed E-state index contributed by atoms with van der Waals surface area (Å²) < 4.78 is 35.1. The van der Waals surface area contributed by atoms with Gasteiger partial charge in [-0.3, -0.25) is 0 Å². The van der Waals surface area contributed by atoms with Crippen LogP contribution >= 0.6 is 0 Å². The lowest BCUT2D eigenvalue weighted by Gasteiger charge is -2.14. The third kappa shape index (κ3) is 3.76. The maximum absolute atomic E-state index is 12.6. The Morgan fingerprint density at radius 2 is 1.61 bits per heavy atom. The lowest BCUT2D eigenvalue weighted by molar-refractivity contribution is 0.401. The minimum absolute atomic E-state index is 0.184. The fourth-order valence-electron chi connectivity index (χ4n) is 2.55. The van der Waals surface area contributed by atoms with Crippen LogP contribution in [0.4, 0.5) is 0 Å². The zero-order valence-electron chi connectivity index (χ0n) is 14.3. The molecule has 0 aliphatic rings. The smallest absolute Gasteiger partial charge is 0.244 e. The molecule has 0 radical (unpaired) electrons. The van der Waals surface area contributed by atoms with Crippen molar-refractivity contribution in [3.63, 3.8) is 0 Å². The van der Waals surface area contributed by atoms with Gasteiger partial charge >= 0.3 is 0 Å². The predicted octanol–water partition coefficient (Wildman–Crippen LogP) is 2.71. The van der Waals surface area contributed by atoms with Crippen LogP contribution in [-0.4, -0.2) is 26.6 Å². The highest BCUT2D eigenvalue weighted by atomic mass is 32.2. The first-order valence-electron chi connectivity index (χ1n) is 7.54. The van der Waals surface area contributed by atoms with E-state index in [0.29, 0.717) is 18.8 Å². The summed E-state index contributed by atoms with van der Waals surface area (Å²) in [5.41, 5.74) is 4.15. The molecule has 0 unspecified atom stereocenters. The first-order chi connectivity index (χ1) is 10.8. The Labute approximate surface area is 138 Å². The monoisotopic (exact) mass is 336 g/mol. The van der Waals surface area contributed by atoms with Gasteiger partial charge in [0, 0.05) is 24.5 Å². The number of nitrogens with zero attached hydrogens (tertiary/aromatic N) is 1. The maximum atomic E-state index is 12.6. The van der Waals surface area contributed by atoms with Crippen LogP contribution < -0.4 is 9.46 Å². The van der Waals surface area contributed by atoms with Gasteiger partial charge < -0.3 is 9.30 Å². The van der Waals surface area contributed by atoms with E-state index in [1.807, 2.05) is 39.8 Å². The second-order valence-electron chi connectivity index (χ2n) is 5.75. The number of hydrogen-bond acceptors (Lipinski definition) is 3. The molecule has 1 N–H and O–H groups in total. The molecule has 0 aliphatic carbocycles. The van der Waals surface area contributed by atoms with Gasteiger partial charge in [-0.1, -0.05) is 0 Å². The molecule has 0 saturated carbocycles. The van der Waals surface area contributed by atoms with E-state index in [-0.39, 0.29) is 4.90 Å². The molecule has 2 rings (SSSR count). The summed E-state index contributed by atoms with van der Waals surface area (Å²) in [7, 11) is -2.13. The number of benzene rings is 1. The lowest BCUT2D eigenvalue weighted by Crippen LogP contribution is -2.28. The molecule has 0 amide bonds. The Morgan fingerprint density at radius 3 is 2.17 bits per heavy atom. The van der Waals surface area contributed by atoms with Gasteiger partial charge in [0.2, 0.25) is 10.0 Å². The van der Waals surface area contributed by atoms with Gasteiger partial charge in [-0.05, 0) is 63.1 Å². The van der Waals surface area contributed by atoms with E-state index in [2.05, 4.69) is 9.29 Å². The topological polar surface area (TPSA) is 60.3 Å². The molecule has 5 nitrogen and oxygen atoms in total. The summed E-state index contributed by atoms with van der Waals surface area (Å²) in [5.74, 6) is 0.369. The molecule has 0 aliphatic heterocycles.